The fraction of sp³-hybridized carbons (Fsp3) is 0.548. The maximum atomic E-state index is 6.10. The van der Waals surface area contributed by atoms with Crippen LogP contribution in [-0.2, 0) is 6.42 Å². The summed E-state index contributed by atoms with van der Waals surface area (Å²) in [6.07, 6.45) is 16.1. The van der Waals surface area contributed by atoms with E-state index < -0.39 is 0 Å². The molecule has 32 heavy (non-hydrogen) atoms. The van der Waals surface area contributed by atoms with E-state index in [9.17, 15) is 0 Å². The van der Waals surface area contributed by atoms with Gasteiger partial charge in [0.25, 0.3) is 0 Å². The summed E-state index contributed by atoms with van der Waals surface area (Å²) in [4.78, 5) is 0. The molecule has 0 radical (unpaired) electrons. The second-order valence-electron chi connectivity index (χ2n) is 9.62. The van der Waals surface area contributed by atoms with Gasteiger partial charge >= 0.3 is 0 Å². The van der Waals surface area contributed by atoms with Crippen LogP contribution in [0.15, 0.2) is 48.5 Å². The summed E-state index contributed by atoms with van der Waals surface area (Å²) in [6, 6.07) is 17.0. The van der Waals surface area contributed by atoms with Crippen molar-refractivity contribution in [2.75, 3.05) is 6.61 Å². The number of unbranched alkanes of at least 4 members (excludes halogenated alkanes) is 4. The lowest BCUT2D eigenvalue weighted by Gasteiger charge is -2.28. The monoisotopic (exact) mass is 430 g/mol. The van der Waals surface area contributed by atoms with Crippen LogP contribution in [0.2, 0.25) is 0 Å². The summed E-state index contributed by atoms with van der Waals surface area (Å²) < 4.78 is 6.10. The maximum absolute atomic E-state index is 6.10. The summed E-state index contributed by atoms with van der Waals surface area (Å²) >= 11 is 0. The van der Waals surface area contributed by atoms with E-state index in [-0.39, 0.29) is 0 Å². The van der Waals surface area contributed by atoms with Crippen molar-refractivity contribution in [3.63, 3.8) is 0 Å². The van der Waals surface area contributed by atoms with Crippen molar-refractivity contribution in [2.24, 2.45) is 11.8 Å². The van der Waals surface area contributed by atoms with E-state index in [1.165, 1.54) is 82.6 Å². The smallest absolute Gasteiger partial charge is 0.119 e. The van der Waals surface area contributed by atoms with E-state index >= 15 is 0 Å². The molecule has 0 heterocycles. The largest absolute Gasteiger partial charge is 0.493 e. The molecule has 1 aliphatic carbocycles. The minimum Gasteiger partial charge on any atom is -0.493 e. The number of rotatable bonds is 11. The van der Waals surface area contributed by atoms with E-state index in [4.69, 9.17) is 4.74 Å². The van der Waals surface area contributed by atoms with Crippen molar-refractivity contribution in [2.45, 2.75) is 90.9 Å². The van der Waals surface area contributed by atoms with Gasteiger partial charge in [-0.3, -0.25) is 0 Å². The van der Waals surface area contributed by atoms with Gasteiger partial charge in [-0.25, -0.2) is 0 Å². The van der Waals surface area contributed by atoms with Gasteiger partial charge in [0, 0.05) is 11.1 Å². The molecule has 0 N–H and O–H groups in total. The molecule has 3 rings (SSSR count). The van der Waals surface area contributed by atoms with Crippen molar-refractivity contribution in [1.82, 2.24) is 0 Å². The molecule has 0 atom stereocenters. The van der Waals surface area contributed by atoms with Crippen LogP contribution < -0.4 is 4.74 Å². The fourth-order valence-corrected chi connectivity index (χ4v) is 4.70. The highest BCUT2D eigenvalue weighted by Gasteiger charge is 2.21. The number of hydrogen-bond acceptors (Lipinski definition) is 1. The van der Waals surface area contributed by atoms with Crippen LogP contribution in [-0.4, -0.2) is 6.61 Å². The molecule has 0 aliphatic heterocycles. The van der Waals surface area contributed by atoms with Crippen molar-refractivity contribution in [1.29, 1.82) is 0 Å². The highest BCUT2D eigenvalue weighted by Crippen LogP contribution is 2.32. The Morgan fingerprint density at radius 2 is 1.25 bits per heavy atom. The Morgan fingerprint density at radius 1 is 0.688 bits per heavy atom. The molecule has 0 amide bonds. The fourth-order valence-electron chi connectivity index (χ4n) is 4.70. The molecule has 2 aromatic carbocycles. The molecule has 0 unspecified atom stereocenters. The number of hydrogen-bond donors (Lipinski definition) is 0. The lowest BCUT2D eigenvalue weighted by Crippen LogP contribution is -2.20. The molecule has 1 saturated carbocycles. The summed E-state index contributed by atoms with van der Waals surface area (Å²) in [5.41, 5.74) is 3.53. The van der Waals surface area contributed by atoms with Gasteiger partial charge < -0.3 is 4.74 Å². The second-order valence-corrected chi connectivity index (χ2v) is 9.62. The maximum Gasteiger partial charge on any atom is 0.119 e. The highest BCUT2D eigenvalue weighted by atomic mass is 16.5. The minimum atomic E-state index is 0.724. The summed E-state index contributed by atoms with van der Waals surface area (Å²) in [5, 5.41) is 0. The SMILES string of the molecule is CCCCCc1ccc(C#Cc2ccc(OC[C@H]3CC[C@H](CCCCC)CC3)cc2)cc1. The lowest BCUT2D eigenvalue weighted by atomic mass is 9.80. The molecule has 1 nitrogen and oxygen atoms in total. The Bertz CT molecular complexity index is 814. The van der Waals surface area contributed by atoms with E-state index in [0.29, 0.717) is 0 Å². The molecule has 0 saturated heterocycles. The average Bonchev–Trinajstić information content (AvgIpc) is 2.84. The van der Waals surface area contributed by atoms with Gasteiger partial charge in [-0.15, -0.1) is 0 Å². The van der Waals surface area contributed by atoms with Crippen LogP contribution in [0.25, 0.3) is 0 Å². The topological polar surface area (TPSA) is 9.23 Å². The van der Waals surface area contributed by atoms with E-state index in [2.05, 4.69) is 74.2 Å². The number of aryl methyl sites for hydroxylation is 1. The van der Waals surface area contributed by atoms with Crippen LogP contribution in [0.1, 0.15) is 101 Å². The van der Waals surface area contributed by atoms with Crippen LogP contribution >= 0.6 is 0 Å². The second kappa shape index (κ2) is 14.1. The minimum absolute atomic E-state index is 0.724. The third-order valence-electron chi connectivity index (χ3n) is 6.90. The van der Waals surface area contributed by atoms with Crippen molar-refractivity contribution in [3.8, 4) is 17.6 Å². The zero-order chi connectivity index (χ0) is 22.4. The Morgan fingerprint density at radius 3 is 1.88 bits per heavy atom. The van der Waals surface area contributed by atoms with Crippen molar-refractivity contribution in [3.05, 3.63) is 65.2 Å². The third kappa shape index (κ3) is 8.74. The Balaban J connectivity index is 1.39. The Kier molecular flexibility index (Phi) is 10.7. The normalized spacial score (nSPS) is 18.1. The predicted molar refractivity (Wildman–Crippen MR) is 137 cm³/mol. The molecule has 0 aromatic heterocycles. The quantitative estimate of drug-likeness (QED) is 0.256. The first-order chi connectivity index (χ1) is 15.8. The van der Waals surface area contributed by atoms with E-state index in [0.717, 1.165) is 35.3 Å². The van der Waals surface area contributed by atoms with Crippen LogP contribution in [0.3, 0.4) is 0 Å². The zero-order valence-corrected chi connectivity index (χ0v) is 20.4. The summed E-state index contributed by atoms with van der Waals surface area (Å²) in [5.74, 6) is 9.23. The van der Waals surface area contributed by atoms with E-state index in [1.54, 1.807) is 0 Å². The molecule has 172 valence electrons. The van der Waals surface area contributed by atoms with Gasteiger partial charge in [0.05, 0.1) is 6.61 Å². The van der Waals surface area contributed by atoms with Gasteiger partial charge in [-0.2, -0.15) is 0 Å². The highest BCUT2D eigenvalue weighted by molar-refractivity contribution is 5.44. The molecular weight excluding hydrogens is 388 g/mol. The van der Waals surface area contributed by atoms with Gasteiger partial charge in [-0.05, 0) is 79.5 Å². The molecule has 0 spiro atoms. The molecule has 1 heteroatoms. The first kappa shape index (κ1) is 24.4. The van der Waals surface area contributed by atoms with E-state index in [1.807, 2.05) is 0 Å². The number of benzene rings is 2. The zero-order valence-electron chi connectivity index (χ0n) is 20.4. The average molecular weight is 431 g/mol. The molecular formula is C31H42O. The van der Waals surface area contributed by atoms with Crippen LogP contribution in [0, 0.1) is 23.7 Å². The van der Waals surface area contributed by atoms with Crippen LogP contribution in [0.5, 0.6) is 5.75 Å². The Labute approximate surface area is 197 Å². The molecule has 1 aliphatic rings. The van der Waals surface area contributed by atoms with Crippen molar-refractivity contribution < 1.29 is 4.74 Å². The molecule has 1 fully saturated rings. The van der Waals surface area contributed by atoms with Crippen LogP contribution in [0.4, 0.5) is 0 Å². The van der Waals surface area contributed by atoms with Gasteiger partial charge in [0.2, 0.25) is 0 Å². The third-order valence-corrected chi connectivity index (χ3v) is 6.90. The standard InChI is InChI=1S/C31H42O/c1-3-5-7-9-26-11-13-28(14-12-26)15-16-29-21-23-31(24-22-29)32-25-30-19-17-27(18-20-30)10-8-6-4-2/h11-14,21-24,27,30H,3-10,17-20,25H2,1-2H3/t27-,30-. The first-order valence-electron chi connectivity index (χ1n) is 13.1. The number of ether oxygens (including phenoxy) is 1. The van der Waals surface area contributed by atoms with Crippen molar-refractivity contribution >= 4 is 0 Å². The van der Waals surface area contributed by atoms with Gasteiger partial charge in [0.15, 0.2) is 0 Å². The summed E-state index contributed by atoms with van der Waals surface area (Å²) in [7, 11) is 0. The lowest BCUT2D eigenvalue weighted by molar-refractivity contribution is 0.177. The first-order valence-corrected chi connectivity index (χ1v) is 13.1. The van der Waals surface area contributed by atoms with Gasteiger partial charge in [-0.1, -0.05) is 89.2 Å². The predicted octanol–water partition coefficient (Wildman–Crippen LogP) is 8.58. The molecule has 0 bridgehead atoms. The Hall–Kier alpha value is -2.20. The molecule has 2 aromatic rings. The summed E-state index contributed by atoms with van der Waals surface area (Å²) in [6.45, 7) is 5.40. The van der Waals surface area contributed by atoms with Gasteiger partial charge in [0.1, 0.15) is 5.75 Å².